The van der Waals surface area contributed by atoms with E-state index in [2.05, 4.69) is 10.7 Å². The largest absolute Gasteiger partial charge is 0.336 e. The Balaban J connectivity index is 1.91. The lowest BCUT2D eigenvalue weighted by Crippen LogP contribution is -2.54. The van der Waals surface area contributed by atoms with Crippen LogP contribution in [0.4, 0.5) is 10.5 Å². The normalized spacial score (nSPS) is 16.5. The molecular formula is C12H18N4O. The first-order chi connectivity index (χ1) is 8.27. The molecule has 0 bridgehead atoms. The molecule has 17 heavy (non-hydrogen) atoms. The number of rotatable bonds is 2. The number of amides is 2. The Labute approximate surface area is 101 Å². The molecule has 0 saturated carbocycles. The lowest BCUT2D eigenvalue weighted by atomic mass is 10.3. The zero-order valence-corrected chi connectivity index (χ0v) is 10.0. The lowest BCUT2D eigenvalue weighted by Gasteiger charge is -2.29. The van der Waals surface area contributed by atoms with Crippen LogP contribution in [-0.4, -0.2) is 44.3 Å². The van der Waals surface area contributed by atoms with Crippen LogP contribution in [0.2, 0.25) is 0 Å². The Morgan fingerprint density at radius 2 is 1.94 bits per heavy atom. The van der Waals surface area contributed by atoms with Gasteiger partial charge in [-0.3, -0.25) is 10.3 Å². The first-order valence-electron chi connectivity index (χ1n) is 5.82. The van der Waals surface area contributed by atoms with Gasteiger partial charge in [0.25, 0.3) is 0 Å². The number of anilines is 1. The van der Waals surface area contributed by atoms with Crippen LogP contribution in [0, 0.1) is 0 Å². The standard InChI is InChI=1S/C12H18N4O/c1-15(11-5-3-2-4-6-11)12(17)14-16-9-7-13-8-10-16/h2-6,13H,7-10H2,1H3,(H,14,17). The van der Waals surface area contributed by atoms with Crippen LogP contribution in [0.15, 0.2) is 30.3 Å². The quantitative estimate of drug-likeness (QED) is 0.790. The molecule has 92 valence electrons. The lowest BCUT2D eigenvalue weighted by molar-refractivity contribution is 0.166. The minimum Gasteiger partial charge on any atom is -0.314 e. The van der Waals surface area contributed by atoms with Crippen LogP contribution in [0.5, 0.6) is 0 Å². The summed E-state index contributed by atoms with van der Waals surface area (Å²) in [5.74, 6) is 0. The van der Waals surface area contributed by atoms with E-state index >= 15 is 0 Å². The van der Waals surface area contributed by atoms with Gasteiger partial charge in [0.05, 0.1) is 0 Å². The summed E-state index contributed by atoms with van der Waals surface area (Å²) in [6.45, 7) is 3.51. The van der Waals surface area contributed by atoms with Gasteiger partial charge in [-0.25, -0.2) is 9.80 Å². The van der Waals surface area contributed by atoms with Crippen LogP contribution in [0.25, 0.3) is 0 Å². The number of nitrogens with zero attached hydrogens (tertiary/aromatic N) is 2. The second-order valence-corrected chi connectivity index (χ2v) is 4.05. The summed E-state index contributed by atoms with van der Waals surface area (Å²) in [5.41, 5.74) is 3.79. The average Bonchev–Trinajstić information content (AvgIpc) is 2.40. The number of benzene rings is 1. The maximum atomic E-state index is 12.0. The third kappa shape index (κ3) is 3.18. The molecule has 1 fully saturated rings. The van der Waals surface area contributed by atoms with Gasteiger partial charge in [-0.2, -0.15) is 0 Å². The number of carbonyl (C=O) groups excluding carboxylic acids is 1. The van der Waals surface area contributed by atoms with Gasteiger partial charge in [0, 0.05) is 38.9 Å². The molecule has 1 aliphatic rings. The van der Waals surface area contributed by atoms with Gasteiger partial charge >= 0.3 is 6.03 Å². The topological polar surface area (TPSA) is 47.6 Å². The molecule has 2 rings (SSSR count). The van der Waals surface area contributed by atoms with Crippen LogP contribution >= 0.6 is 0 Å². The molecule has 0 radical (unpaired) electrons. The summed E-state index contributed by atoms with van der Waals surface area (Å²) in [5, 5.41) is 5.19. The van der Waals surface area contributed by atoms with Crippen LogP contribution < -0.4 is 15.6 Å². The van der Waals surface area contributed by atoms with E-state index in [9.17, 15) is 4.79 Å². The summed E-state index contributed by atoms with van der Waals surface area (Å²) in [4.78, 5) is 13.6. The van der Waals surface area contributed by atoms with Gasteiger partial charge in [0.2, 0.25) is 0 Å². The van der Waals surface area contributed by atoms with E-state index < -0.39 is 0 Å². The number of piperazine rings is 1. The fourth-order valence-electron chi connectivity index (χ4n) is 1.76. The van der Waals surface area contributed by atoms with Gasteiger partial charge < -0.3 is 5.32 Å². The molecule has 1 heterocycles. The molecular weight excluding hydrogens is 216 g/mol. The molecule has 2 N–H and O–H groups in total. The van der Waals surface area contributed by atoms with Gasteiger partial charge in [-0.1, -0.05) is 18.2 Å². The zero-order valence-electron chi connectivity index (χ0n) is 10.0. The molecule has 1 aliphatic heterocycles. The van der Waals surface area contributed by atoms with Crippen molar-refractivity contribution in [3.8, 4) is 0 Å². The van der Waals surface area contributed by atoms with Crippen LogP contribution in [0.1, 0.15) is 0 Å². The molecule has 0 spiro atoms. The van der Waals surface area contributed by atoms with Crippen molar-refractivity contribution in [3.63, 3.8) is 0 Å². The van der Waals surface area contributed by atoms with Crippen LogP contribution in [0.3, 0.4) is 0 Å². The Morgan fingerprint density at radius 3 is 2.59 bits per heavy atom. The van der Waals surface area contributed by atoms with Gasteiger partial charge in [0.15, 0.2) is 0 Å². The Kier molecular flexibility index (Phi) is 3.95. The number of hydrogen-bond donors (Lipinski definition) is 2. The smallest absolute Gasteiger partial charge is 0.314 e. The van der Waals surface area contributed by atoms with Crippen LogP contribution in [-0.2, 0) is 0 Å². The highest BCUT2D eigenvalue weighted by Gasteiger charge is 2.15. The average molecular weight is 234 g/mol. The fourth-order valence-corrected chi connectivity index (χ4v) is 1.76. The van der Waals surface area contributed by atoms with E-state index in [1.165, 1.54) is 0 Å². The number of nitrogens with one attached hydrogen (secondary N) is 2. The first-order valence-corrected chi connectivity index (χ1v) is 5.82. The zero-order chi connectivity index (χ0) is 12.1. The highest BCUT2D eigenvalue weighted by atomic mass is 16.2. The molecule has 2 amide bonds. The van der Waals surface area contributed by atoms with Gasteiger partial charge in [0.1, 0.15) is 0 Å². The molecule has 5 nitrogen and oxygen atoms in total. The molecule has 0 atom stereocenters. The van der Waals surface area contributed by atoms with Gasteiger partial charge in [-0.15, -0.1) is 0 Å². The van der Waals surface area contributed by atoms with E-state index in [1.807, 2.05) is 35.3 Å². The molecule has 0 aromatic heterocycles. The summed E-state index contributed by atoms with van der Waals surface area (Å²) < 4.78 is 0. The van der Waals surface area contributed by atoms with Crippen molar-refractivity contribution < 1.29 is 4.79 Å². The summed E-state index contributed by atoms with van der Waals surface area (Å²) in [6.07, 6.45) is 0. The second-order valence-electron chi connectivity index (χ2n) is 4.05. The van der Waals surface area contributed by atoms with E-state index in [-0.39, 0.29) is 6.03 Å². The van der Waals surface area contributed by atoms with Crippen molar-refractivity contribution in [2.45, 2.75) is 0 Å². The molecule has 1 aromatic rings. The Morgan fingerprint density at radius 1 is 1.29 bits per heavy atom. The highest BCUT2D eigenvalue weighted by molar-refractivity contribution is 5.90. The number of carbonyl (C=O) groups is 1. The maximum absolute atomic E-state index is 12.0. The number of hydrogen-bond acceptors (Lipinski definition) is 3. The summed E-state index contributed by atoms with van der Waals surface area (Å²) in [7, 11) is 1.77. The van der Waals surface area contributed by atoms with E-state index in [0.29, 0.717) is 0 Å². The molecule has 0 unspecified atom stereocenters. The van der Waals surface area contributed by atoms with E-state index in [4.69, 9.17) is 0 Å². The number of urea groups is 1. The van der Waals surface area contributed by atoms with Crippen molar-refractivity contribution in [2.75, 3.05) is 38.1 Å². The minimum absolute atomic E-state index is 0.0990. The minimum atomic E-state index is -0.0990. The van der Waals surface area contributed by atoms with Crippen molar-refractivity contribution in [3.05, 3.63) is 30.3 Å². The fraction of sp³-hybridized carbons (Fsp3) is 0.417. The van der Waals surface area contributed by atoms with Crippen molar-refractivity contribution in [1.82, 2.24) is 15.8 Å². The number of hydrazine groups is 1. The van der Waals surface area contributed by atoms with Crippen molar-refractivity contribution in [2.24, 2.45) is 0 Å². The predicted molar refractivity (Wildman–Crippen MR) is 67.8 cm³/mol. The molecule has 1 aromatic carbocycles. The SMILES string of the molecule is CN(C(=O)NN1CCNCC1)c1ccccc1. The second kappa shape index (κ2) is 5.65. The number of para-hydroxylation sites is 1. The van der Waals surface area contributed by atoms with Gasteiger partial charge in [-0.05, 0) is 12.1 Å². The summed E-state index contributed by atoms with van der Waals surface area (Å²) in [6, 6.07) is 9.51. The van der Waals surface area contributed by atoms with E-state index in [0.717, 1.165) is 31.9 Å². The Bertz CT molecular complexity index is 362. The summed E-state index contributed by atoms with van der Waals surface area (Å²) >= 11 is 0. The third-order valence-corrected chi connectivity index (χ3v) is 2.82. The molecule has 5 heteroatoms. The van der Waals surface area contributed by atoms with Crippen molar-refractivity contribution >= 4 is 11.7 Å². The maximum Gasteiger partial charge on any atom is 0.336 e. The molecule has 0 aliphatic carbocycles. The third-order valence-electron chi connectivity index (χ3n) is 2.82. The molecule has 1 saturated heterocycles. The predicted octanol–water partition coefficient (Wildman–Crippen LogP) is 0.653. The van der Waals surface area contributed by atoms with Crippen molar-refractivity contribution in [1.29, 1.82) is 0 Å². The monoisotopic (exact) mass is 234 g/mol. The first kappa shape index (κ1) is 11.9. The van der Waals surface area contributed by atoms with E-state index in [1.54, 1.807) is 11.9 Å². The highest BCUT2D eigenvalue weighted by Crippen LogP contribution is 2.10. The Hall–Kier alpha value is -1.59.